The number of pyridine rings is 1. The van der Waals surface area contributed by atoms with Crippen LogP contribution in [0.25, 0.3) is 0 Å². The number of nitrogens with zero attached hydrogens (tertiary/aromatic N) is 1. The van der Waals surface area contributed by atoms with Gasteiger partial charge in [0.15, 0.2) is 0 Å². The summed E-state index contributed by atoms with van der Waals surface area (Å²) < 4.78 is 6.42. The number of ether oxygens (including phenoxy) is 1. The van der Waals surface area contributed by atoms with E-state index in [0.29, 0.717) is 23.2 Å². The van der Waals surface area contributed by atoms with E-state index < -0.39 is 0 Å². The van der Waals surface area contributed by atoms with Gasteiger partial charge < -0.3 is 10.5 Å². The van der Waals surface area contributed by atoms with Gasteiger partial charge in [-0.15, -0.1) is 0 Å². The molecule has 0 amide bonds. The number of aromatic nitrogens is 1. The van der Waals surface area contributed by atoms with Crippen LogP contribution in [-0.2, 0) is 6.54 Å². The van der Waals surface area contributed by atoms with Crippen LogP contribution in [0.3, 0.4) is 0 Å². The summed E-state index contributed by atoms with van der Waals surface area (Å²) in [6.07, 6.45) is 1.67. The van der Waals surface area contributed by atoms with E-state index in [-0.39, 0.29) is 0 Å². The van der Waals surface area contributed by atoms with E-state index in [1.165, 1.54) is 0 Å². The maximum atomic E-state index is 5.85. The Bertz CT molecular complexity index is 534. The van der Waals surface area contributed by atoms with Gasteiger partial charge in [0, 0.05) is 23.8 Å². The van der Waals surface area contributed by atoms with E-state index in [9.17, 15) is 0 Å². The Labute approximate surface area is 113 Å². The zero-order chi connectivity index (χ0) is 12.3. The SMILES string of the molecule is NCc1ccnc(Oc2ccc(Cl)cc2Br)c1. The molecule has 0 spiro atoms. The van der Waals surface area contributed by atoms with Crippen molar-refractivity contribution in [3.63, 3.8) is 0 Å². The lowest BCUT2D eigenvalue weighted by Gasteiger charge is -2.07. The molecule has 1 aromatic heterocycles. The molecule has 88 valence electrons. The summed E-state index contributed by atoms with van der Waals surface area (Å²) in [4.78, 5) is 4.11. The van der Waals surface area contributed by atoms with E-state index in [0.717, 1.165) is 10.0 Å². The average Bonchev–Trinajstić information content (AvgIpc) is 2.33. The van der Waals surface area contributed by atoms with Crippen molar-refractivity contribution in [2.45, 2.75) is 6.54 Å². The van der Waals surface area contributed by atoms with Crippen molar-refractivity contribution in [1.82, 2.24) is 4.98 Å². The molecule has 2 aromatic rings. The molecule has 17 heavy (non-hydrogen) atoms. The number of hydrogen-bond donors (Lipinski definition) is 1. The third-order valence-electron chi connectivity index (χ3n) is 2.14. The Kier molecular flexibility index (Phi) is 3.99. The minimum Gasteiger partial charge on any atom is -0.438 e. The van der Waals surface area contributed by atoms with Crippen LogP contribution in [0.2, 0.25) is 5.02 Å². The van der Waals surface area contributed by atoms with E-state index in [1.807, 2.05) is 6.07 Å². The molecule has 0 fully saturated rings. The fourth-order valence-electron chi connectivity index (χ4n) is 1.30. The van der Waals surface area contributed by atoms with Crippen molar-refractivity contribution in [3.8, 4) is 11.6 Å². The van der Waals surface area contributed by atoms with Crippen molar-refractivity contribution in [1.29, 1.82) is 0 Å². The normalized spacial score (nSPS) is 10.3. The van der Waals surface area contributed by atoms with Crippen molar-refractivity contribution in [3.05, 3.63) is 51.6 Å². The first-order chi connectivity index (χ1) is 8.19. The first-order valence-corrected chi connectivity index (χ1v) is 6.14. The van der Waals surface area contributed by atoms with Crippen LogP contribution in [0.5, 0.6) is 11.6 Å². The Balaban J connectivity index is 2.25. The highest BCUT2D eigenvalue weighted by atomic mass is 79.9. The van der Waals surface area contributed by atoms with Crippen LogP contribution < -0.4 is 10.5 Å². The average molecular weight is 314 g/mol. The Morgan fingerprint density at radius 1 is 1.29 bits per heavy atom. The third kappa shape index (κ3) is 3.19. The highest BCUT2D eigenvalue weighted by Crippen LogP contribution is 2.31. The zero-order valence-corrected chi connectivity index (χ0v) is 11.2. The van der Waals surface area contributed by atoms with Gasteiger partial charge in [0.1, 0.15) is 5.75 Å². The molecule has 0 aliphatic heterocycles. The molecular weight excluding hydrogens is 304 g/mol. The molecule has 0 aliphatic carbocycles. The number of hydrogen-bond acceptors (Lipinski definition) is 3. The molecule has 2 rings (SSSR count). The topological polar surface area (TPSA) is 48.1 Å². The van der Waals surface area contributed by atoms with Crippen LogP contribution in [0.4, 0.5) is 0 Å². The van der Waals surface area contributed by atoms with Gasteiger partial charge >= 0.3 is 0 Å². The summed E-state index contributed by atoms with van der Waals surface area (Å²) in [5.74, 6) is 1.17. The van der Waals surface area contributed by atoms with Crippen molar-refractivity contribution in [2.24, 2.45) is 5.73 Å². The lowest BCUT2D eigenvalue weighted by Crippen LogP contribution is -1.97. The second-order valence-corrected chi connectivity index (χ2v) is 4.67. The first kappa shape index (κ1) is 12.4. The van der Waals surface area contributed by atoms with Crippen LogP contribution >= 0.6 is 27.5 Å². The van der Waals surface area contributed by atoms with Crippen molar-refractivity contribution >= 4 is 27.5 Å². The Hall–Kier alpha value is -1.10. The summed E-state index contributed by atoms with van der Waals surface area (Å²) in [5, 5.41) is 0.646. The van der Waals surface area contributed by atoms with Crippen LogP contribution in [0.15, 0.2) is 41.0 Å². The van der Waals surface area contributed by atoms with Gasteiger partial charge in [-0.1, -0.05) is 11.6 Å². The highest BCUT2D eigenvalue weighted by molar-refractivity contribution is 9.10. The first-order valence-electron chi connectivity index (χ1n) is 4.97. The quantitative estimate of drug-likeness (QED) is 0.939. The van der Waals surface area contributed by atoms with Gasteiger partial charge in [-0.2, -0.15) is 0 Å². The molecule has 2 N–H and O–H groups in total. The number of halogens is 2. The molecule has 0 unspecified atom stereocenters. The molecule has 0 bridgehead atoms. The predicted molar refractivity (Wildman–Crippen MR) is 71.4 cm³/mol. The maximum Gasteiger partial charge on any atom is 0.219 e. The van der Waals surface area contributed by atoms with Crippen LogP contribution in [0.1, 0.15) is 5.56 Å². The molecule has 3 nitrogen and oxygen atoms in total. The van der Waals surface area contributed by atoms with Gasteiger partial charge in [0.25, 0.3) is 0 Å². The molecule has 0 radical (unpaired) electrons. The molecule has 5 heteroatoms. The van der Waals surface area contributed by atoms with Gasteiger partial charge in [-0.25, -0.2) is 4.98 Å². The minimum atomic E-state index is 0.459. The summed E-state index contributed by atoms with van der Waals surface area (Å²) in [5.41, 5.74) is 6.52. The number of benzene rings is 1. The fraction of sp³-hybridized carbons (Fsp3) is 0.0833. The Morgan fingerprint density at radius 3 is 2.82 bits per heavy atom. The molecule has 0 aliphatic rings. The third-order valence-corrected chi connectivity index (χ3v) is 3.00. The summed E-state index contributed by atoms with van der Waals surface area (Å²) >= 11 is 9.23. The molecule has 1 aromatic carbocycles. The minimum absolute atomic E-state index is 0.459. The van der Waals surface area contributed by atoms with Gasteiger partial charge in [0.2, 0.25) is 5.88 Å². The summed E-state index contributed by atoms with van der Waals surface area (Å²) in [6.45, 7) is 0.459. The predicted octanol–water partition coefficient (Wildman–Crippen LogP) is 3.75. The van der Waals surface area contributed by atoms with E-state index in [4.69, 9.17) is 22.1 Å². The summed E-state index contributed by atoms with van der Waals surface area (Å²) in [6, 6.07) is 8.96. The number of nitrogens with two attached hydrogens (primary N) is 1. The van der Waals surface area contributed by atoms with Gasteiger partial charge in [-0.05, 0) is 45.8 Å². The molecule has 0 saturated heterocycles. The molecule has 1 heterocycles. The zero-order valence-electron chi connectivity index (χ0n) is 8.86. The standard InChI is InChI=1S/C12H10BrClN2O/c13-10-6-9(14)1-2-11(10)17-12-5-8(7-15)3-4-16-12/h1-6H,7,15H2. The van der Waals surface area contributed by atoms with Crippen LogP contribution in [-0.4, -0.2) is 4.98 Å². The smallest absolute Gasteiger partial charge is 0.219 e. The van der Waals surface area contributed by atoms with Crippen molar-refractivity contribution in [2.75, 3.05) is 0 Å². The molecular formula is C12H10BrClN2O. The van der Waals surface area contributed by atoms with E-state index >= 15 is 0 Å². The monoisotopic (exact) mass is 312 g/mol. The lowest BCUT2D eigenvalue weighted by atomic mass is 10.3. The van der Waals surface area contributed by atoms with Gasteiger partial charge in [0.05, 0.1) is 4.47 Å². The second kappa shape index (κ2) is 5.49. The molecule has 0 saturated carbocycles. The lowest BCUT2D eigenvalue weighted by molar-refractivity contribution is 0.459. The van der Waals surface area contributed by atoms with Gasteiger partial charge in [-0.3, -0.25) is 0 Å². The molecule has 0 atom stereocenters. The summed E-state index contributed by atoms with van der Waals surface area (Å²) in [7, 11) is 0. The fourth-order valence-corrected chi connectivity index (χ4v) is 2.07. The van der Waals surface area contributed by atoms with E-state index in [1.54, 1.807) is 30.5 Å². The largest absolute Gasteiger partial charge is 0.438 e. The Morgan fingerprint density at radius 2 is 2.12 bits per heavy atom. The maximum absolute atomic E-state index is 5.85. The number of rotatable bonds is 3. The van der Waals surface area contributed by atoms with Crippen molar-refractivity contribution < 1.29 is 4.74 Å². The van der Waals surface area contributed by atoms with Crippen LogP contribution in [0, 0.1) is 0 Å². The second-order valence-electron chi connectivity index (χ2n) is 3.38. The highest BCUT2D eigenvalue weighted by Gasteiger charge is 2.04. The van der Waals surface area contributed by atoms with E-state index in [2.05, 4.69) is 20.9 Å².